The van der Waals surface area contributed by atoms with Gasteiger partial charge < -0.3 is 10.2 Å². The van der Waals surface area contributed by atoms with Crippen molar-refractivity contribution in [3.63, 3.8) is 0 Å². The number of hydrogen-bond donors (Lipinski definition) is 1. The van der Waals surface area contributed by atoms with E-state index in [2.05, 4.69) is 21.2 Å². The number of nitrogens with one attached hydrogen (secondary N) is 1. The molecule has 2 amide bonds. The van der Waals surface area contributed by atoms with Gasteiger partial charge in [-0.2, -0.15) is 0 Å². The molecule has 45 heavy (non-hydrogen) atoms. The number of anilines is 1. The Bertz CT molecular complexity index is 1720. The van der Waals surface area contributed by atoms with Crippen molar-refractivity contribution >= 4 is 55.1 Å². The van der Waals surface area contributed by atoms with Crippen LogP contribution in [0.4, 0.5) is 5.69 Å². The van der Waals surface area contributed by atoms with Gasteiger partial charge in [0.1, 0.15) is 12.6 Å². The van der Waals surface area contributed by atoms with Crippen molar-refractivity contribution in [3.05, 3.63) is 129 Å². The number of halogens is 2. The van der Waals surface area contributed by atoms with Crippen molar-refractivity contribution in [3.8, 4) is 0 Å². The molecule has 0 aliphatic heterocycles. The summed E-state index contributed by atoms with van der Waals surface area (Å²) in [5.74, 6) is -0.638. The molecule has 0 aliphatic rings. The summed E-state index contributed by atoms with van der Waals surface area (Å²) in [6, 6.07) is 28.9. The Morgan fingerprint density at radius 2 is 1.51 bits per heavy atom. The normalized spacial score (nSPS) is 12.0. The molecule has 4 aromatic carbocycles. The molecule has 10 heteroatoms. The number of nitrogens with zero attached hydrogens (tertiary/aromatic N) is 2. The van der Waals surface area contributed by atoms with Crippen molar-refractivity contribution in [2.75, 3.05) is 17.4 Å². The Labute approximate surface area is 279 Å². The lowest BCUT2D eigenvalue weighted by Crippen LogP contribution is -2.53. The van der Waals surface area contributed by atoms with E-state index in [0.717, 1.165) is 19.9 Å². The first kappa shape index (κ1) is 34.2. The summed E-state index contributed by atoms with van der Waals surface area (Å²) in [5.41, 5.74) is 2.57. The van der Waals surface area contributed by atoms with E-state index in [-0.39, 0.29) is 29.7 Å². The van der Waals surface area contributed by atoms with Gasteiger partial charge in [-0.25, -0.2) is 8.42 Å². The third kappa shape index (κ3) is 9.19. The summed E-state index contributed by atoms with van der Waals surface area (Å²) in [7, 11) is -4.19. The fraction of sp³-hybridized carbons (Fsp3) is 0.257. The summed E-state index contributed by atoms with van der Waals surface area (Å²) < 4.78 is 30.2. The molecule has 0 radical (unpaired) electrons. The predicted molar refractivity (Wildman–Crippen MR) is 184 cm³/mol. The van der Waals surface area contributed by atoms with E-state index < -0.39 is 28.5 Å². The summed E-state index contributed by atoms with van der Waals surface area (Å²) in [6.45, 7) is 5.73. The van der Waals surface area contributed by atoms with E-state index in [4.69, 9.17) is 11.6 Å². The number of amides is 2. The van der Waals surface area contributed by atoms with E-state index in [9.17, 15) is 18.0 Å². The summed E-state index contributed by atoms with van der Waals surface area (Å²) >= 11 is 9.73. The van der Waals surface area contributed by atoms with Gasteiger partial charge in [-0.05, 0) is 72.0 Å². The molecule has 0 bridgehead atoms. The monoisotopic (exact) mass is 709 g/mol. The lowest BCUT2D eigenvalue weighted by molar-refractivity contribution is -0.140. The molecular formula is C35H37BrClN3O4S. The highest BCUT2D eigenvalue weighted by Gasteiger charge is 2.35. The molecule has 1 atom stereocenters. The molecule has 0 saturated heterocycles. The number of carbonyl (C=O) groups excluding carboxylic acids is 2. The molecule has 4 rings (SSSR count). The zero-order valence-corrected chi connectivity index (χ0v) is 28.6. The van der Waals surface area contributed by atoms with Crippen LogP contribution in [0.15, 0.2) is 112 Å². The maximum atomic E-state index is 14.5. The Morgan fingerprint density at radius 3 is 2.13 bits per heavy atom. The van der Waals surface area contributed by atoms with Gasteiger partial charge in [-0.15, -0.1) is 0 Å². The van der Waals surface area contributed by atoms with Gasteiger partial charge in [-0.1, -0.05) is 102 Å². The smallest absolute Gasteiger partial charge is 0.264 e. The van der Waals surface area contributed by atoms with Crippen LogP contribution in [0.25, 0.3) is 0 Å². The van der Waals surface area contributed by atoms with Gasteiger partial charge >= 0.3 is 0 Å². The molecule has 1 N–H and O–H groups in total. The minimum atomic E-state index is -4.19. The van der Waals surface area contributed by atoms with Gasteiger partial charge in [-0.3, -0.25) is 13.9 Å². The second-order valence-electron chi connectivity index (χ2n) is 11.3. The average molecular weight is 711 g/mol. The maximum Gasteiger partial charge on any atom is 0.264 e. The molecule has 4 aromatic rings. The van der Waals surface area contributed by atoms with E-state index in [1.165, 1.54) is 17.0 Å². The van der Waals surface area contributed by atoms with Crippen LogP contribution in [0.2, 0.25) is 5.02 Å². The van der Waals surface area contributed by atoms with Crippen molar-refractivity contribution in [2.24, 2.45) is 5.92 Å². The van der Waals surface area contributed by atoms with Gasteiger partial charge in [0, 0.05) is 29.0 Å². The molecule has 0 heterocycles. The predicted octanol–water partition coefficient (Wildman–Crippen LogP) is 7.02. The standard InChI is InChI=1S/C35H37BrClN3O4S/c1-25(2)22-38-35(42)33(21-27-11-6-4-7-12-27)39(23-28-13-10-14-29(36)20-28)34(41)24-40(32-18-17-30(37)19-26(32)3)45(43,44)31-15-8-5-9-16-31/h4-20,25,33H,21-24H2,1-3H3,(H,38,42)/t33-/m0/s1. The molecular weight excluding hydrogens is 674 g/mol. The number of hydrogen-bond acceptors (Lipinski definition) is 4. The first-order valence-corrected chi connectivity index (χ1v) is 17.3. The van der Waals surface area contributed by atoms with Gasteiger partial charge in [0.15, 0.2) is 0 Å². The second-order valence-corrected chi connectivity index (χ2v) is 14.5. The highest BCUT2D eigenvalue weighted by Crippen LogP contribution is 2.30. The highest BCUT2D eigenvalue weighted by atomic mass is 79.9. The molecule has 0 saturated carbocycles. The fourth-order valence-electron chi connectivity index (χ4n) is 4.94. The van der Waals surface area contributed by atoms with Crippen LogP contribution < -0.4 is 9.62 Å². The number of sulfonamides is 1. The third-order valence-corrected chi connectivity index (χ3v) is 9.74. The van der Waals surface area contributed by atoms with Crippen LogP contribution in [0.5, 0.6) is 0 Å². The maximum absolute atomic E-state index is 14.5. The van der Waals surface area contributed by atoms with Gasteiger partial charge in [0.25, 0.3) is 10.0 Å². The van der Waals surface area contributed by atoms with Gasteiger partial charge in [0.05, 0.1) is 10.6 Å². The van der Waals surface area contributed by atoms with Crippen LogP contribution in [-0.2, 0) is 32.6 Å². The minimum absolute atomic E-state index is 0.0428. The Kier molecular flexibility index (Phi) is 11.8. The number of rotatable bonds is 13. The molecule has 0 spiro atoms. The SMILES string of the molecule is Cc1cc(Cl)ccc1N(CC(=O)N(Cc1cccc(Br)c1)[C@@H](Cc1ccccc1)C(=O)NCC(C)C)S(=O)(=O)c1ccccc1. The molecule has 0 fully saturated rings. The van der Waals surface area contributed by atoms with Crippen LogP contribution >= 0.6 is 27.5 Å². The Balaban J connectivity index is 1.82. The number of carbonyl (C=O) groups is 2. The molecule has 0 aliphatic carbocycles. The summed E-state index contributed by atoms with van der Waals surface area (Å²) in [6.07, 6.45) is 0.246. The highest BCUT2D eigenvalue weighted by molar-refractivity contribution is 9.10. The lowest BCUT2D eigenvalue weighted by atomic mass is 10.0. The quantitative estimate of drug-likeness (QED) is 0.162. The molecule has 0 unspecified atom stereocenters. The third-order valence-electron chi connectivity index (χ3n) is 7.24. The lowest BCUT2D eigenvalue weighted by Gasteiger charge is -2.34. The van der Waals surface area contributed by atoms with E-state index in [0.29, 0.717) is 22.8 Å². The van der Waals surface area contributed by atoms with Crippen LogP contribution in [0.3, 0.4) is 0 Å². The van der Waals surface area contributed by atoms with Crippen molar-refractivity contribution in [2.45, 2.75) is 44.7 Å². The van der Waals surface area contributed by atoms with Crippen LogP contribution in [-0.4, -0.2) is 44.3 Å². The van der Waals surface area contributed by atoms with Crippen LogP contribution in [0, 0.1) is 12.8 Å². The Hall–Kier alpha value is -3.66. The van der Waals surface area contributed by atoms with E-state index in [1.807, 2.05) is 68.4 Å². The minimum Gasteiger partial charge on any atom is -0.354 e. The topological polar surface area (TPSA) is 86.8 Å². The largest absolute Gasteiger partial charge is 0.354 e. The van der Waals surface area contributed by atoms with Crippen LogP contribution in [0.1, 0.15) is 30.5 Å². The zero-order valence-electron chi connectivity index (χ0n) is 25.5. The summed E-state index contributed by atoms with van der Waals surface area (Å²) in [5, 5.41) is 3.45. The number of benzene rings is 4. The fourth-order valence-corrected chi connectivity index (χ4v) is 7.11. The molecule has 0 aromatic heterocycles. The zero-order chi connectivity index (χ0) is 32.6. The molecule has 236 valence electrons. The average Bonchev–Trinajstić information content (AvgIpc) is 3.01. The van der Waals surface area contributed by atoms with Crippen molar-refractivity contribution < 1.29 is 18.0 Å². The summed E-state index contributed by atoms with van der Waals surface area (Å²) in [4.78, 5) is 29.9. The van der Waals surface area contributed by atoms with Crippen molar-refractivity contribution in [1.82, 2.24) is 10.2 Å². The van der Waals surface area contributed by atoms with Crippen molar-refractivity contribution in [1.29, 1.82) is 0 Å². The Morgan fingerprint density at radius 1 is 0.867 bits per heavy atom. The first-order chi connectivity index (χ1) is 21.5. The first-order valence-electron chi connectivity index (χ1n) is 14.6. The van der Waals surface area contributed by atoms with Gasteiger partial charge in [0.2, 0.25) is 11.8 Å². The van der Waals surface area contributed by atoms with E-state index >= 15 is 0 Å². The molecule has 7 nitrogen and oxygen atoms in total. The second kappa shape index (κ2) is 15.6. The van der Waals surface area contributed by atoms with E-state index in [1.54, 1.807) is 43.3 Å². The number of aryl methyl sites for hydroxylation is 1.